The molecular formula is C26H31F4N3O3. The van der Waals surface area contributed by atoms with Gasteiger partial charge in [0.2, 0.25) is 0 Å². The number of anilines is 1. The zero-order chi connectivity index (χ0) is 25.8. The van der Waals surface area contributed by atoms with Crippen molar-refractivity contribution in [2.45, 2.75) is 50.8 Å². The molecule has 2 heterocycles. The fraction of sp³-hybridized carbons (Fsp3) is 0.500. The molecule has 0 aliphatic carbocycles. The molecular weight excluding hydrogens is 478 g/mol. The number of hydrogen-bond acceptors (Lipinski definition) is 5. The van der Waals surface area contributed by atoms with E-state index in [1.807, 2.05) is 7.05 Å². The SMILES string of the molecule is C[C@@H](NC(=O)c1cc(O[C@H]2CCOC2)c(F)cc1NC1CCN(C)CC1)c1cccc(C(F)F)c1F. The minimum Gasteiger partial charge on any atom is -0.485 e. The first kappa shape index (κ1) is 26.2. The largest absolute Gasteiger partial charge is 0.485 e. The van der Waals surface area contributed by atoms with Gasteiger partial charge in [-0.15, -0.1) is 0 Å². The summed E-state index contributed by atoms with van der Waals surface area (Å²) in [7, 11) is 2.02. The lowest BCUT2D eigenvalue weighted by molar-refractivity contribution is 0.0938. The number of alkyl halides is 2. The Morgan fingerprint density at radius 1 is 1.14 bits per heavy atom. The van der Waals surface area contributed by atoms with Crippen LogP contribution >= 0.6 is 0 Å². The number of amides is 1. The Hall–Kier alpha value is -2.85. The van der Waals surface area contributed by atoms with Crippen molar-refractivity contribution in [1.29, 1.82) is 0 Å². The number of nitrogens with one attached hydrogen (secondary N) is 2. The number of hydrogen-bond donors (Lipinski definition) is 2. The molecule has 2 aromatic rings. The molecule has 0 unspecified atom stereocenters. The number of rotatable bonds is 8. The van der Waals surface area contributed by atoms with Crippen molar-refractivity contribution in [3.8, 4) is 5.75 Å². The van der Waals surface area contributed by atoms with Gasteiger partial charge in [0.1, 0.15) is 11.9 Å². The van der Waals surface area contributed by atoms with Gasteiger partial charge in [0.15, 0.2) is 11.6 Å². The van der Waals surface area contributed by atoms with Gasteiger partial charge in [-0.3, -0.25) is 4.79 Å². The predicted octanol–water partition coefficient (Wildman–Crippen LogP) is 5.07. The summed E-state index contributed by atoms with van der Waals surface area (Å²) in [6, 6.07) is 5.38. The van der Waals surface area contributed by atoms with E-state index in [0.29, 0.717) is 25.3 Å². The van der Waals surface area contributed by atoms with Crippen LogP contribution in [-0.2, 0) is 4.74 Å². The fourth-order valence-electron chi connectivity index (χ4n) is 4.53. The van der Waals surface area contributed by atoms with E-state index >= 15 is 0 Å². The van der Waals surface area contributed by atoms with E-state index in [9.17, 15) is 22.4 Å². The second kappa shape index (κ2) is 11.5. The van der Waals surface area contributed by atoms with Crippen LogP contribution in [0.2, 0.25) is 0 Å². The van der Waals surface area contributed by atoms with Crippen LogP contribution in [0.3, 0.4) is 0 Å². The number of carbonyl (C=O) groups excluding carboxylic acids is 1. The van der Waals surface area contributed by atoms with Gasteiger partial charge in [-0.2, -0.15) is 0 Å². The summed E-state index contributed by atoms with van der Waals surface area (Å²) in [5.74, 6) is -2.36. The summed E-state index contributed by atoms with van der Waals surface area (Å²) < 4.78 is 67.0. The highest BCUT2D eigenvalue weighted by Gasteiger charge is 2.26. The third-order valence-corrected chi connectivity index (χ3v) is 6.68. The number of likely N-dealkylation sites (tertiary alicyclic amines) is 1. The smallest absolute Gasteiger partial charge is 0.266 e. The number of ether oxygens (including phenoxy) is 2. The van der Waals surface area contributed by atoms with E-state index in [1.165, 1.54) is 31.2 Å². The lowest BCUT2D eigenvalue weighted by Crippen LogP contribution is -2.37. The summed E-state index contributed by atoms with van der Waals surface area (Å²) in [6.07, 6.45) is -1.06. The first-order valence-corrected chi connectivity index (χ1v) is 12.1. The fourth-order valence-corrected chi connectivity index (χ4v) is 4.53. The minimum atomic E-state index is -2.98. The summed E-state index contributed by atoms with van der Waals surface area (Å²) in [6.45, 7) is 4.07. The molecule has 10 heteroatoms. The second-order valence-corrected chi connectivity index (χ2v) is 9.40. The van der Waals surface area contributed by atoms with Gasteiger partial charge < -0.3 is 25.0 Å². The summed E-state index contributed by atoms with van der Waals surface area (Å²) in [5.41, 5.74) is -0.368. The van der Waals surface area contributed by atoms with E-state index in [0.717, 1.165) is 32.0 Å². The summed E-state index contributed by atoms with van der Waals surface area (Å²) in [4.78, 5) is 15.5. The zero-order valence-corrected chi connectivity index (χ0v) is 20.3. The highest BCUT2D eigenvalue weighted by Crippen LogP contribution is 2.31. The Labute approximate surface area is 207 Å². The van der Waals surface area contributed by atoms with Gasteiger partial charge in [-0.05, 0) is 46.0 Å². The van der Waals surface area contributed by atoms with Crippen molar-refractivity contribution >= 4 is 11.6 Å². The lowest BCUT2D eigenvalue weighted by atomic mass is 10.0. The molecule has 2 fully saturated rings. The Morgan fingerprint density at radius 3 is 2.53 bits per heavy atom. The summed E-state index contributed by atoms with van der Waals surface area (Å²) >= 11 is 0. The quantitative estimate of drug-likeness (QED) is 0.487. The van der Waals surface area contributed by atoms with E-state index in [2.05, 4.69) is 15.5 Å². The van der Waals surface area contributed by atoms with Crippen LogP contribution in [0.25, 0.3) is 0 Å². The maximum Gasteiger partial charge on any atom is 0.266 e. The van der Waals surface area contributed by atoms with Crippen molar-refractivity contribution in [3.05, 3.63) is 58.7 Å². The molecule has 196 valence electrons. The molecule has 0 radical (unpaired) electrons. The third-order valence-electron chi connectivity index (χ3n) is 6.68. The number of carbonyl (C=O) groups is 1. The molecule has 4 rings (SSSR count). The van der Waals surface area contributed by atoms with Gasteiger partial charge in [0.05, 0.1) is 36.1 Å². The van der Waals surface area contributed by atoms with Gasteiger partial charge in [0, 0.05) is 24.1 Å². The van der Waals surface area contributed by atoms with E-state index in [4.69, 9.17) is 9.47 Å². The molecule has 1 amide bonds. The van der Waals surface area contributed by atoms with Crippen molar-refractivity contribution < 1.29 is 31.8 Å². The van der Waals surface area contributed by atoms with E-state index in [-0.39, 0.29) is 29.0 Å². The van der Waals surface area contributed by atoms with Crippen molar-refractivity contribution in [3.63, 3.8) is 0 Å². The maximum atomic E-state index is 15.0. The molecule has 2 aliphatic rings. The molecule has 6 nitrogen and oxygen atoms in total. The second-order valence-electron chi connectivity index (χ2n) is 9.40. The molecule has 2 saturated heterocycles. The highest BCUT2D eigenvalue weighted by atomic mass is 19.3. The molecule has 2 aliphatic heterocycles. The molecule has 0 bridgehead atoms. The van der Waals surface area contributed by atoms with Crippen molar-refractivity contribution in [1.82, 2.24) is 10.2 Å². The number of piperidine rings is 1. The first-order chi connectivity index (χ1) is 17.2. The minimum absolute atomic E-state index is 0.0414. The molecule has 36 heavy (non-hydrogen) atoms. The van der Waals surface area contributed by atoms with E-state index < -0.39 is 35.6 Å². The Kier molecular flexibility index (Phi) is 8.35. The summed E-state index contributed by atoms with van der Waals surface area (Å²) in [5, 5.41) is 5.95. The first-order valence-electron chi connectivity index (χ1n) is 12.1. The van der Waals surface area contributed by atoms with Gasteiger partial charge in [0.25, 0.3) is 12.3 Å². The predicted molar refractivity (Wildman–Crippen MR) is 128 cm³/mol. The van der Waals surface area contributed by atoms with Crippen molar-refractivity contribution in [2.75, 3.05) is 38.7 Å². The molecule has 0 spiro atoms. The zero-order valence-electron chi connectivity index (χ0n) is 20.3. The van der Waals surface area contributed by atoms with Crippen LogP contribution in [0.4, 0.5) is 23.2 Å². The van der Waals surface area contributed by atoms with Gasteiger partial charge in [-0.1, -0.05) is 18.2 Å². The van der Waals surface area contributed by atoms with Crippen LogP contribution in [0.5, 0.6) is 5.75 Å². The molecule has 0 saturated carbocycles. The Balaban J connectivity index is 1.60. The van der Waals surface area contributed by atoms with Crippen LogP contribution in [0.15, 0.2) is 30.3 Å². The third kappa shape index (κ3) is 6.10. The standard InChI is InChI=1S/C26H31F4N3O3/c1-15(18-4-3-5-19(24(18)28)25(29)30)31-26(34)20-12-23(36-17-8-11-35-14-17)21(27)13-22(20)32-16-6-9-33(2)10-7-16/h3-5,12-13,15-17,25,32H,6-11,14H2,1-2H3,(H,31,34)/t15-,17+/m1/s1. The number of benzene rings is 2. The van der Waals surface area contributed by atoms with Gasteiger partial charge >= 0.3 is 0 Å². The Morgan fingerprint density at radius 2 is 1.86 bits per heavy atom. The van der Waals surface area contributed by atoms with Crippen LogP contribution < -0.4 is 15.4 Å². The average molecular weight is 510 g/mol. The molecule has 2 N–H and O–H groups in total. The lowest BCUT2D eigenvalue weighted by Gasteiger charge is -2.31. The van der Waals surface area contributed by atoms with Gasteiger partial charge in [-0.25, -0.2) is 17.6 Å². The normalized spacial score (nSPS) is 19.9. The molecule has 2 aromatic carbocycles. The molecule has 2 atom stereocenters. The Bertz CT molecular complexity index is 1070. The number of nitrogens with zero attached hydrogens (tertiary/aromatic N) is 1. The molecule has 0 aromatic heterocycles. The highest BCUT2D eigenvalue weighted by molar-refractivity contribution is 6.00. The van der Waals surface area contributed by atoms with Crippen LogP contribution in [-0.4, -0.2) is 56.3 Å². The van der Waals surface area contributed by atoms with Crippen LogP contribution in [0, 0.1) is 11.6 Å². The van der Waals surface area contributed by atoms with Crippen LogP contribution in [0.1, 0.15) is 60.1 Å². The number of halogens is 4. The van der Waals surface area contributed by atoms with Crippen molar-refractivity contribution in [2.24, 2.45) is 0 Å². The maximum absolute atomic E-state index is 15.0. The topological polar surface area (TPSA) is 62.8 Å². The van der Waals surface area contributed by atoms with E-state index in [1.54, 1.807) is 0 Å². The average Bonchev–Trinajstić information content (AvgIpc) is 3.35. The monoisotopic (exact) mass is 509 g/mol.